The molecule has 2 aromatic carbocycles. The standard InChI is InChI=1S/C23H26F2N2O/c24-22(11-13-26-19(15-22)17-7-3-1-4-8-17)21(28)23(25)12-14-27-20(16-23)18-9-5-2-6-10-18/h1-10,19-20,26-27H,11-16H2. The van der Waals surface area contributed by atoms with Crippen molar-refractivity contribution >= 4 is 5.78 Å². The first-order chi connectivity index (χ1) is 13.5. The lowest BCUT2D eigenvalue weighted by molar-refractivity contribution is -0.148. The van der Waals surface area contributed by atoms with Gasteiger partial charge in [-0.2, -0.15) is 0 Å². The fourth-order valence-electron chi connectivity index (χ4n) is 4.54. The van der Waals surface area contributed by atoms with Crippen molar-refractivity contribution in [2.75, 3.05) is 13.1 Å². The molecule has 2 fully saturated rings. The number of carbonyl (C=O) groups excluding carboxylic acids is 1. The fourth-order valence-corrected chi connectivity index (χ4v) is 4.54. The molecule has 0 amide bonds. The van der Waals surface area contributed by atoms with Gasteiger partial charge in [-0.25, -0.2) is 8.78 Å². The highest BCUT2D eigenvalue weighted by molar-refractivity contribution is 5.95. The van der Waals surface area contributed by atoms with Crippen molar-refractivity contribution in [3.05, 3.63) is 71.8 Å². The molecule has 0 radical (unpaired) electrons. The quantitative estimate of drug-likeness (QED) is 0.829. The Hall–Kier alpha value is -2.11. The third-order valence-corrected chi connectivity index (χ3v) is 6.10. The summed E-state index contributed by atoms with van der Waals surface area (Å²) in [5.74, 6) is -0.870. The van der Waals surface area contributed by atoms with Crippen LogP contribution in [0.2, 0.25) is 0 Å². The van der Waals surface area contributed by atoms with Crippen LogP contribution in [0.15, 0.2) is 60.7 Å². The van der Waals surface area contributed by atoms with Crippen LogP contribution < -0.4 is 10.6 Å². The average molecular weight is 384 g/mol. The summed E-state index contributed by atoms with van der Waals surface area (Å²) in [6.45, 7) is 0.719. The molecule has 2 N–H and O–H groups in total. The largest absolute Gasteiger partial charge is 0.310 e. The molecule has 5 heteroatoms. The van der Waals surface area contributed by atoms with Crippen LogP contribution in [0.3, 0.4) is 0 Å². The van der Waals surface area contributed by atoms with Gasteiger partial charge in [0.1, 0.15) is 0 Å². The molecule has 0 spiro atoms. The van der Waals surface area contributed by atoms with Gasteiger partial charge in [0.15, 0.2) is 11.3 Å². The highest BCUT2D eigenvalue weighted by Gasteiger charge is 2.55. The van der Waals surface area contributed by atoms with Gasteiger partial charge in [0.2, 0.25) is 5.78 Å². The van der Waals surface area contributed by atoms with Crippen molar-refractivity contribution in [1.82, 2.24) is 10.6 Å². The van der Waals surface area contributed by atoms with E-state index in [4.69, 9.17) is 0 Å². The molecule has 0 bridgehead atoms. The Labute approximate surface area is 164 Å². The molecule has 2 aromatic rings. The number of alkyl halides is 2. The molecular formula is C23H26F2N2O. The number of carbonyl (C=O) groups is 1. The van der Waals surface area contributed by atoms with Gasteiger partial charge in [0, 0.05) is 37.8 Å². The zero-order valence-electron chi connectivity index (χ0n) is 15.8. The van der Waals surface area contributed by atoms with Crippen LogP contribution in [0.5, 0.6) is 0 Å². The smallest absolute Gasteiger partial charge is 0.207 e. The summed E-state index contributed by atoms with van der Waals surface area (Å²) in [5.41, 5.74) is -2.42. The van der Waals surface area contributed by atoms with E-state index < -0.39 is 17.1 Å². The first-order valence-corrected chi connectivity index (χ1v) is 10.00. The first-order valence-electron chi connectivity index (χ1n) is 10.00. The lowest BCUT2D eigenvalue weighted by Gasteiger charge is -2.41. The summed E-state index contributed by atoms with van der Waals surface area (Å²) in [6.07, 6.45) is -0.00949. The Morgan fingerprint density at radius 2 is 1.14 bits per heavy atom. The Balaban J connectivity index is 1.53. The normalized spacial score (nSPS) is 33.4. The SMILES string of the molecule is O=C(C1(F)CCNC(c2ccccc2)C1)C1(F)CCNC(c2ccccc2)C1. The number of ketones is 1. The van der Waals surface area contributed by atoms with Crippen LogP contribution >= 0.6 is 0 Å². The van der Waals surface area contributed by atoms with E-state index in [2.05, 4.69) is 10.6 Å². The Kier molecular flexibility index (Phi) is 5.30. The predicted molar refractivity (Wildman–Crippen MR) is 106 cm³/mol. The van der Waals surface area contributed by atoms with Crippen molar-refractivity contribution in [3.63, 3.8) is 0 Å². The second-order valence-corrected chi connectivity index (χ2v) is 8.00. The summed E-state index contributed by atoms with van der Waals surface area (Å²) in [5, 5.41) is 6.54. The number of benzene rings is 2. The van der Waals surface area contributed by atoms with Gasteiger partial charge in [-0.05, 0) is 24.2 Å². The molecule has 0 saturated carbocycles. The number of nitrogens with one attached hydrogen (secondary N) is 2. The highest BCUT2D eigenvalue weighted by atomic mass is 19.2. The van der Waals surface area contributed by atoms with Crippen molar-refractivity contribution in [2.24, 2.45) is 0 Å². The number of halogens is 2. The van der Waals surface area contributed by atoms with Crippen molar-refractivity contribution in [3.8, 4) is 0 Å². The van der Waals surface area contributed by atoms with Gasteiger partial charge >= 0.3 is 0 Å². The minimum Gasteiger partial charge on any atom is -0.310 e. The van der Waals surface area contributed by atoms with Crippen LogP contribution in [0, 0.1) is 0 Å². The summed E-state index contributed by atoms with van der Waals surface area (Å²) in [7, 11) is 0. The summed E-state index contributed by atoms with van der Waals surface area (Å²) >= 11 is 0. The minimum atomic E-state index is -2.14. The number of hydrogen-bond acceptors (Lipinski definition) is 3. The van der Waals surface area contributed by atoms with Crippen LogP contribution in [0.25, 0.3) is 0 Å². The second-order valence-electron chi connectivity index (χ2n) is 8.00. The molecule has 4 rings (SSSR count). The van der Waals surface area contributed by atoms with E-state index in [9.17, 15) is 4.79 Å². The topological polar surface area (TPSA) is 41.1 Å². The second kappa shape index (κ2) is 7.72. The average Bonchev–Trinajstić information content (AvgIpc) is 2.74. The lowest BCUT2D eigenvalue weighted by atomic mass is 9.73. The summed E-state index contributed by atoms with van der Waals surface area (Å²) in [6, 6.07) is 18.4. The van der Waals surface area contributed by atoms with E-state index >= 15 is 8.78 Å². The van der Waals surface area contributed by atoms with Crippen molar-refractivity contribution in [2.45, 2.75) is 49.1 Å². The highest BCUT2D eigenvalue weighted by Crippen LogP contribution is 2.43. The first kappa shape index (κ1) is 19.2. The maximum absolute atomic E-state index is 15.8. The van der Waals surface area contributed by atoms with Gasteiger partial charge < -0.3 is 10.6 Å². The molecule has 3 nitrogen and oxygen atoms in total. The Morgan fingerprint density at radius 3 is 1.54 bits per heavy atom. The summed E-state index contributed by atoms with van der Waals surface area (Å²) in [4.78, 5) is 13.1. The molecule has 2 heterocycles. The fraction of sp³-hybridized carbons (Fsp3) is 0.435. The molecule has 148 valence electrons. The van der Waals surface area contributed by atoms with Crippen LogP contribution in [0.4, 0.5) is 8.78 Å². The van der Waals surface area contributed by atoms with Crippen molar-refractivity contribution < 1.29 is 13.6 Å². The summed E-state index contributed by atoms with van der Waals surface area (Å²) < 4.78 is 31.6. The van der Waals surface area contributed by atoms with E-state index in [1.807, 2.05) is 60.7 Å². The lowest BCUT2D eigenvalue weighted by Crippen LogP contribution is -2.56. The van der Waals surface area contributed by atoms with E-state index in [-0.39, 0.29) is 37.8 Å². The zero-order chi connectivity index (χ0) is 19.6. The minimum absolute atomic E-state index is 0.0181. The number of hydrogen-bond donors (Lipinski definition) is 2. The molecule has 28 heavy (non-hydrogen) atoms. The maximum Gasteiger partial charge on any atom is 0.207 e. The molecule has 2 saturated heterocycles. The van der Waals surface area contributed by atoms with Gasteiger partial charge in [0.25, 0.3) is 0 Å². The monoisotopic (exact) mass is 384 g/mol. The number of rotatable bonds is 4. The van der Waals surface area contributed by atoms with Crippen LogP contribution in [-0.4, -0.2) is 30.2 Å². The Bertz CT molecular complexity index is 748. The third-order valence-electron chi connectivity index (χ3n) is 6.10. The van der Waals surface area contributed by atoms with Gasteiger partial charge in [-0.1, -0.05) is 60.7 Å². The predicted octanol–water partition coefficient (Wildman–Crippen LogP) is 4.22. The van der Waals surface area contributed by atoms with Crippen molar-refractivity contribution in [1.29, 1.82) is 0 Å². The third kappa shape index (κ3) is 3.74. The van der Waals surface area contributed by atoms with Gasteiger partial charge in [-0.15, -0.1) is 0 Å². The molecule has 4 unspecified atom stereocenters. The molecule has 0 aliphatic carbocycles. The molecule has 4 atom stereocenters. The Morgan fingerprint density at radius 1 is 0.750 bits per heavy atom. The molecule has 0 aromatic heterocycles. The van der Waals surface area contributed by atoms with Gasteiger partial charge in [-0.3, -0.25) is 4.79 Å². The number of piperidine rings is 2. The van der Waals surface area contributed by atoms with Crippen LogP contribution in [-0.2, 0) is 4.79 Å². The van der Waals surface area contributed by atoms with E-state index in [1.54, 1.807) is 0 Å². The molecule has 2 aliphatic heterocycles. The van der Waals surface area contributed by atoms with E-state index in [1.165, 1.54) is 0 Å². The van der Waals surface area contributed by atoms with E-state index in [0.29, 0.717) is 13.1 Å². The van der Waals surface area contributed by atoms with Crippen LogP contribution in [0.1, 0.15) is 48.9 Å². The van der Waals surface area contributed by atoms with Gasteiger partial charge in [0.05, 0.1) is 0 Å². The van der Waals surface area contributed by atoms with E-state index in [0.717, 1.165) is 11.1 Å². The molecule has 2 aliphatic rings. The molecular weight excluding hydrogens is 358 g/mol. The zero-order valence-corrected chi connectivity index (χ0v) is 15.8. The maximum atomic E-state index is 15.8. The number of Topliss-reactive ketones (excluding diaryl/α,β-unsaturated/α-hetero) is 1.